The van der Waals surface area contributed by atoms with Gasteiger partial charge in [-0.15, -0.1) is 0 Å². The fourth-order valence-corrected chi connectivity index (χ4v) is 4.98. The van der Waals surface area contributed by atoms with Crippen molar-refractivity contribution >= 4 is 16.0 Å². The molecule has 3 rings (SSSR count). The largest absolute Gasteiger partial charge is 0.477 e. The summed E-state index contributed by atoms with van der Waals surface area (Å²) in [5.74, 6) is -1.13. The molecule has 0 aliphatic carbocycles. The summed E-state index contributed by atoms with van der Waals surface area (Å²) in [5, 5.41) is 9.31. The first-order valence-electron chi connectivity index (χ1n) is 8.53. The number of nitrogens with zero attached hydrogens (tertiary/aromatic N) is 3. The van der Waals surface area contributed by atoms with Gasteiger partial charge < -0.3 is 14.6 Å². The zero-order valence-electron chi connectivity index (χ0n) is 14.9. The van der Waals surface area contributed by atoms with E-state index in [4.69, 9.17) is 0 Å². The van der Waals surface area contributed by atoms with E-state index in [9.17, 15) is 18.3 Å². The molecule has 1 aromatic heterocycles. The molecule has 140 valence electrons. The van der Waals surface area contributed by atoms with E-state index < -0.39 is 16.0 Å². The summed E-state index contributed by atoms with van der Waals surface area (Å²) in [5.41, 5.74) is 0.910. The van der Waals surface area contributed by atoms with Crippen LogP contribution in [-0.4, -0.2) is 59.9 Å². The van der Waals surface area contributed by atoms with E-state index in [2.05, 4.69) is 4.90 Å². The summed E-state index contributed by atoms with van der Waals surface area (Å²) >= 11 is 0. The number of benzene rings is 1. The van der Waals surface area contributed by atoms with Gasteiger partial charge in [-0.1, -0.05) is 30.3 Å². The Morgan fingerprint density at radius 2 is 1.92 bits per heavy atom. The molecule has 26 heavy (non-hydrogen) atoms. The number of sulfonamides is 1. The smallest absolute Gasteiger partial charge is 0.352 e. The monoisotopic (exact) mass is 377 g/mol. The van der Waals surface area contributed by atoms with Crippen molar-refractivity contribution in [3.05, 3.63) is 53.9 Å². The molecule has 8 heteroatoms. The van der Waals surface area contributed by atoms with E-state index in [1.54, 1.807) is 6.92 Å². The maximum absolute atomic E-state index is 13.3. The lowest BCUT2D eigenvalue weighted by Crippen LogP contribution is -2.49. The zero-order valence-corrected chi connectivity index (χ0v) is 15.7. The molecule has 2 aromatic rings. The van der Waals surface area contributed by atoms with Crippen LogP contribution in [0.15, 0.2) is 47.5 Å². The second-order valence-electron chi connectivity index (χ2n) is 6.46. The number of carboxylic acid groups (broad SMARTS) is 1. The van der Waals surface area contributed by atoms with Gasteiger partial charge in [-0.25, -0.2) is 13.2 Å². The molecular formula is C18H23N3O4S. The van der Waals surface area contributed by atoms with Gasteiger partial charge in [0.2, 0.25) is 10.0 Å². The highest BCUT2D eigenvalue weighted by atomic mass is 32.2. The Labute approximate surface area is 153 Å². The number of hydrogen-bond donors (Lipinski definition) is 1. The number of rotatable bonds is 5. The van der Waals surface area contributed by atoms with Gasteiger partial charge in [0, 0.05) is 32.4 Å². The summed E-state index contributed by atoms with van der Waals surface area (Å²) in [6.07, 6.45) is 1.42. The van der Waals surface area contributed by atoms with E-state index in [-0.39, 0.29) is 16.6 Å². The maximum Gasteiger partial charge on any atom is 0.352 e. The van der Waals surface area contributed by atoms with Gasteiger partial charge in [0.1, 0.15) is 10.6 Å². The molecule has 1 aliphatic heterocycles. The zero-order chi connectivity index (χ0) is 18.9. The Morgan fingerprint density at radius 3 is 2.50 bits per heavy atom. The Bertz CT molecular complexity index is 892. The number of aromatic nitrogens is 1. The van der Waals surface area contributed by atoms with Gasteiger partial charge in [-0.05, 0) is 25.6 Å². The number of likely N-dealkylation sites (N-methyl/N-ethyl adjacent to an activating group) is 1. The molecule has 1 aromatic carbocycles. The molecule has 1 fully saturated rings. The lowest BCUT2D eigenvalue weighted by Gasteiger charge is -2.39. The first-order chi connectivity index (χ1) is 12.3. The number of aryl methyl sites for hydroxylation is 1. The Hall–Kier alpha value is -2.16. The predicted octanol–water partition coefficient (Wildman–Crippen LogP) is 1.88. The van der Waals surface area contributed by atoms with Gasteiger partial charge in [-0.3, -0.25) is 0 Å². The average molecular weight is 377 g/mol. The highest BCUT2D eigenvalue weighted by molar-refractivity contribution is 7.89. The second kappa shape index (κ2) is 7.22. The van der Waals surface area contributed by atoms with Crippen LogP contribution in [0.5, 0.6) is 0 Å². The highest BCUT2D eigenvalue weighted by Crippen LogP contribution is 2.31. The fourth-order valence-electron chi connectivity index (χ4n) is 3.34. The van der Waals surface area contributed by atoms with Gasteiger partial charge >= 0.3 is 5.97 Å². The van der Waals surface area contributed by atoms with E-state index in [1.807, 2.05) is 37.4 Å². The van der Waals surface area contributed by atoms with E-state index in [0.717, 1.165) is 5.56 Å². The summed E-state index contributed by atoms with van der Waals surface area (Å²) in [4.78, 5) is 13.5. The van der Waals surface area contributed by atoms with Crippen LogP contribution in [0.25, 0.3) is 0 Å². The Morgan fingerprint density at radius 1 is 1.23 bits per heavy atom. The van der Waals surface area contributed by atoms with Crippen LogP contribution in [-0.2, 0) is 16.6 Å². The molecule has 0 bridgehead atoms. The lowest BCUT2D eigenvalue weighted by atomic mass is 10.1. The molecule has 1 N–H and O–H groups in total. The van der Waals surface area contributed by atoms with Crippen LogP contribution < -0.4 is 0 Å². The fraction of sp³-hybridized carbons (Fsp3) is 0.389. The van der Waals surface area contributed by atoms with Crippen LogP contribution in [0.4, 0.5) is 0 Å². The van der Waals surface area contributed by atoms with Crippen molar-refractivity contribution < 1.29 is 18.3 Å². The molecule has 1 atom stereocenters. The molecule has 0 saturated carbocycles. The Balaban J connectivity index is 2.03. The quantitative estimate of drug-likeness (QED) is 0.860. The molecule has 0 unspecified atom stereocenters. The van der Waals surface area contributed by atoms with Gasteiger partial charge in [0.25, 0.3) is 0 Å². The Kier molecular flexibility index (Phi) is 5.17. The van der Waals surface area contributed by atoms with Gasteiger partial charge in [0.15, 0.2) is 0 Å². The average Bonchev–Trinajstić information content (AvgIpc) is 3.08. The summed E-state index contributed by atoms with van der Waals surface area (Å²) < 4.78 is 29.5. The van der Waals surface area contributed by atoms with Crippen LogP contribution in [0, 0.1) is 0 Å². The third kappa shape index (κ3) is 3.40. The minimum atomic E-state index is -3.81. The molecule has 0 amide bonds. The van der Waals surface area contributed by atoms with Crippen molar-refractivity contribution in [2.24, 2.45) is 0 Å². The summed E-state index contributed by atoms with van der Waals surface area (Å²) in [6.45, 7) is 3.75. The third-order valence-electron chi connectivity index (χ3n) is 4.76. The molecule has 7 nitrogen and oxygen atoms in total. The third-order valence-corrected chi connectivity index (χ3v) is 6.63. The number of carboxylic acids is 1. The number of aromatic carboxylic acids is 1. The molecule has 2 heterocycles. The topological polar surface area (TPSA) is 82.9 Å². The van der Waals surface area contributed by atoms with Crippen LogP contribution >= 0.6 is 0 Å². The molecule has 1 aliphatic rings. The van der Waals surface area contributed by atoms with Crippen molar-refractivity contribution in [3.63, 3.8) is 0 Å². The van der Waals surface area contributed by atoms with Crippen molar-refractivity contribution in [3.8, 4) is 0 Å². The van der Waals surface area contributed by atoms with Crippen molar-refractivity contribution in [2.45, 2.75) is 24.4 Å². The number of hydrogen-bond acceptors (Lipinski definition) is 4. The number of carbonyl (C=O) groups is 1. The molecule has 0 radical (unpaired) electrons. The predicted molar refractivity (Wildman–Crippen MR) is 97.6 cm³/mol. The maximum atomic E-state index is 13.3. The first-order valence-corrected chi connectivity index (χ1v) is 9.97. The van der Waals surface area contributed by atoms with E-state index in [1.165, 1.54) is 21.1 Å². The van der Waals surface area contributed by atoms with Crippen molar-refractivity contribution in [2.75, 3.05) is 26.7 Å². The van der Waals surface area contributed by atoms with E-state index >= 15 is 0 Å². The molecule has 1 saturated heterocycles. The number of piperazine rings is 1. The second-order valence-corrected chi connectivity index (χ2v) is 8.35. The van der Waals surface area contributed by atoms with Gasteiger partial charge in [0.05, 0.1) is 6.04 Å². The minimum absolute atomic E-state index is 0.0172. The van der Waals surface area contributed by atoms with Crippen LogP contribution in [0.3, 0.4) is 0 Å². The highest BCUT2D eigenvalue weighted by Gasteiger charge is 2.37. The summed E-state index contributed by atoms with van der Waals surface area (Å²) in [6, 6.07) is 10.5. The van der Waals surface area contributed by atoms with Crippen molar-refractivity contribution in [1.29, 1.82) is 0 Å². The van der Waals surface area contributed by atoms with Crippen LogP contribution in [0.2, 0.25) is 0 Å². The lowest BCUT2D eigenvalue weighted by molar-refractivity contribution is 0.0685. The van der Waals surface area contributed by atoms with Gasteiger partial charge in [-0.2, -0.15) is 4.31 Å². The minimum Gasteiger partial charge on any atom is -0.477 e. The first kappa shape index (κ1) is 18.6. The van der Waals surface area contributed by atoms with Crippen molar-refractivity contribution in [1.82, 2.24) is 13.8 Å². The normalized spacial score (nSPS) is 19.5. The summed E-state index contributed by atoms with van der Waals surface area (Å²) in [7, 11) is -1.84. The van der Waals surface area contributed by atoms with Crippen LogP contribution in [0.1, 0.15) is 29.0 Å². The molecule has 0 spiro atoms. The molecular weight excluding hydrogens is 354 g/mol. The van der Waals surface area contributed by atoms with E-state index in [0.29, 0.717) is 26.2 Å². The standard InChI is InChI=1S/C18H23N3O4S/c1-3-20-12-15(11-16(20)18(22)23)26(24,25)21-10-9-19(2)13-17(21)14-7-5-4-6-8-14/h4-8,11-12,17H,3,9-10,13H2,1-2H3,(H,22,23)/t17-/m0/s1. The SMILES string of the molecule is CCn1cc(S(=O)(=O)N2CCN(C)C[C@H]2c2ccccc2)cc1C(=O)O.